The SMILES string of the molecule is Cc1cnc2c(C(=O)N3CCO[C@@H](CN(C)C)[C@@H]3c3ccccc3)cnn2c1. The summed E-state index contributed by atoms with van der Waals surface area (Å²) in [5, 5.41) is 4.33. The number of hydrogen-bond donors (Lipinski definition) is 0. The highest BCUT2D eigenvalue weighted by Crippen LogP contribution is 2.31. The molecule has 28 heavy (non-hydrogen) atoms. The van der Waals surface area contributed by atoms with Crippen molar-refractivity contribution in [3.63, 3.8) is 0 Å². The molecule has 1 fully saturated rings. The highest BCUT2D eigenvalue weighted by atomic mass is 16.5. The van der Waals surface area contributed by atoms with E-state index in [1.165, 1.54) is 0 Å². The second kappa shape index (κ2) is 7.69. The van der Waals surface area contributed by atoms with Crippen molar-refractivity contribution in [1.29, 1.82) is 0 Å². The monoisotopic (exact) mass is 379 g/mol. The van der Waals surface area contributed by atoms with Crippen molar-refractivity contribution in [3.05, 3.63) is 65.6 Å². The molecule has 4 rings (SSSR count). The van der Waals surface area contributed by atoms with Crippen LogP contribution in [0, 0.1) is 6.92 Å². The summed E-state index contributed by atoms with van der Waals surface area (Å²) in [6, 6.07) is 9.93. The van der Waals surface area contributed by atoms with Crippen LogP contribution in [0.4, 0.5) is 0 Å². The van der Waals surface area contributed by atoms with E-state index in [2.05, 4.69) is 27.1 Å². The molecule has 146 valence electrons. The first-order valence-corrected chi connectivity index (χ1v) is 9.47. The van der Waals surface area contributed by atoms with E-state index in [0.717, 1.165) is 17.7 Å². The Kier molecular flexibility index (Phi) is 5.11. The summed E-state index contributed by atoms with van der Waals surface area (Å²) in [6.07, 6.45) is 5.15. The predicted octanol–water partition coefficient (Wildman–Crippen LogP) is 2.18. The number of morpholine rings is 1. The summed E-state index contributed by atoms with van der Waals surface area (Å²) >= 11 is 0. The summed E-state index contributed by atoms with van der Waals surface area (Å²) in [5.41, 5.74) is 3.17. The first-order chi connectivity index (χ1) is 13.5. The molecule has 1 aliphatic rings. The van der Waals surface area contributed by atoms with Gasteiger partial charge in [0.15, 0.2) is 5.65 Å². The lowest BCUT2D eigenvalue weighted by Gasteiger charge is -2.42. The van der Waals surface area contributed by atoms with E-state index in [9.17, 15) is 4.79 Å². The first-order valence-electron chi connectivity index (χ1n) is 9.47. The van der Waals surface area contributed by atoms with Gasteiger partial charge < -0.3 is 14.5 Å². The van der Waals surface area contributed by atoms with Crippen LogP contribution in [-0.2, 0) is 4.74 Å². The minimum absolute atomic E-state index is 0.0627. The third kappa shape index (κ3) is 3.50. The number of carbonyl (C=O) groups excluding carboxylic acids is 1. The lowest BCUT2D eigenvalue weighted by molar-refractivity contribution is -0.0684. The predicted molar refractivity (Wildman–Crippen MR) is 106 cm³/mol. The minimum atomic E-state index is -0.162. The van der Waals surface area contributed by atoms with E-state index >= 15 is 0 Å². The average molecular weight is 379 g/mol. The van der Waals surface area contributed by atoms with Gasteiger partial charge in [-0.05, 0) is 32.1 Å². The fourth-order valence-electron chi connectivity index (χ4n) is 3.79. The summed E-state index contributed by atoms with van der Waals surface area (Å²) in [5.74, 6) is -0.0627. The van der Waals surface area contributed by atoms with Crippen LogP contribution in [0.1, 0.15) is 27.5 Å². The molecule has 0 spiro atoms. The molecular weight excluding hydrogens is 354 g/mol. The number of aryl methyl sites for hydroxylation is 1. The van der Waals surface area contributed by atoms with Gasteiger partial charge in [0.05, 0.1) is 24.9 Å². The molecule has 0 aliphatic carbocycles. The second-order valence-electron chi connectivity index (χ2n) is 7.48. The van der Waals surface area contributed by atoms with Crippen molar-refractivity contribution >= 4 is 11.6 Å². The number of aromatic nitrogens is 3. The van der Waals surface area contributed by atoms with Crippen LogP contribution < -0.4 is 0 Å². The Labute approximate surface area is 164 Å². The van der Waals surface area contributed by atoms with E-state index in [1.807, 2.05) is 50.3 Å². The van der Waals surface area contributed by atoms with Crippen molar-refractivity contribution in [3.8, 4) is 0 Å². The van der Waals surface area contributed by atoms with Crippen molar-refractivity contribution in [1.82, 2.24) is 24.4 Å². The third-order valence-corrected chi connectivity index (χ3v) is 5.02. The van der Waals surface area contributed by atoms with E-state index < -0.39 is 0 Å². The largest absolute Gasteiger partial charge is 0.373 e. The molecule has 0 radical (unpaired) electrons. The number of carbonyl (C=O) groups is 1. The van der Waals surface area contributed by atoms with Gasteiger partial charge in [0.25, 0.3) is 5.91 Å². The molecule has 3 heterocycles. The number of hydrogen-bond acceptors (Lipinski definition) is 5. The zero-order chi connectivity index (χ0) is 19.7. The topological polar surface area (TPSA) is 63.0 Å². The van der Waals surface area contributed by atoms with Gasteiger partial charge in [-0.25, -0.2) is 9.50 Å². The van der Waals surface area contributed by atoms with Crippen LogP contribution in [0.2, 0.25) is 0 Å². The van der Waals surface area contributed by atoms with Crippen LogP contribution >= 0.6 is 0 Å². The molecule has 1 aliphatic heterocycles. The Morgan fingerprint density at radius 1 is 1.25 bits per heavy atom. The van der Waals surface area contributed by atoms with Gasteiger partial charge in [-0.3, -0.25) is 4.79 Å². The van der Waals surface area contributed by atoms with E-state index in [1.54, 1.807) is 16.9 Å². The van der Waals surface area contributed by atoms with Gasteiger partial charge in [-0.15, -0.1) is 0 Å². The van der Waals surface area contributed by atoms with Crippen LogP contribution in [0.15, 0.2) is 48.9 Å². The maximum Gasteiger partial charge on any atom is 0.260 e. The quantitative estimate of drug-likeness (QED) is 0.695. The van der Waals surface area contributed by atoms with Crippen molar-refractivity contribution in [2.75, 3.05) is 33.8 Å². The molecule has 1 amide bonds. The molecular formula is C21H25N5O2. The minimum Gasteiger partial charge on any atom is -0.373 e. The van der Waals surface area contributed by atoms with Crippen LogP contribution in [-0.4, -0.2) is 70.2 Å². The maximum atomic E-state index is 13.5. The van der Waals surface area contributed by atoms with Crippen LogP contribution in [0.25, 0.3) is 5.65 Å². The van der Waals surface area contributed by atoms with Gasteiger partial charge in [0, 0.05) is 25.5 Å². The maximum absolute atomic E-state index is 13.5. The number of amides is 1. The normalized spacial score (nSPS) is 20.1. The Morgan fingerprint density at radius 3 is 2.79 bits per heavy atom. The highest BCUT2D eigenvalue weighted by molar-refractivity contribution is 6.00. The number of likely N-dealkylation sites (N-methyl/N-ethyl adjacent to an activating group) is 1. The van der Waals surface area contributed by atoms with Gasteiger partial charge in [0.2, 0.25) is 0 Å². The summed E-state index contributed by atoms with van der Waals surface area (Å²) < 4.78 is 7.75. The third-order valence-electron chi connectivity index (χ3n) is 5.02. The fraction of sp³-hybridized carbons (Fsp3) is 0.381. The van der Waals surface area contributed by atoms with E-state index in [0.29, 0.717) is 24.4 Å². The molecule has 1 aromatic carbocycles. The van der Waals surface area contributed by atoms with Gasteiger partial charge in [-0.2, -0.15) is 5.10 Å². The molecule has 3 aromatic rings. The summed E-state index contributed by atoms with van der Waals surface area (Å²) in [4.78, 5) is 22.0. The number of fused-ring (bicyclic) bond motifs is 1. The number of benzene rings is 1. The number of nitrogens with zero attached hydrogens (tertiary/aromatic N) is 5. The summed E-state index contributed by atoms with van der Waals surface area (Å²) in [6.45, 7) is 3.73. The molecule has 1 saturated heterocycles. The van der Waals surface area contributed by atoms with Crippen molar-refractivity contribution < 1.29 is 9.53 Å². The van der Waals surface area contributed by atoms with Gasteiger partial charge in [0.1, 0.15) is 5.56 Å². The molecule has 0 unspecified atom stereocenters. The Hall–Kier alpha value is -2.77. The molecule has 2 aromatic heterocycles. The van der Waals surface area contributed by atoms with Crippen molar-refractivity contribution in [2.45, 2.75) is 19.1 Å². The Morgan fingerprint density at radius 2 is 2.04 bits per heavy atom. The smallest absolute Gasteiger partial charge is 0.260 e. The molecule has 0 N–H and O–H groups in total. The molecule has 7 heteroatoms. The van der Waals surface area contributed by atoms with E-state index in [4.69, 9.17) is 4.74 Å². The van der Waals surface area contributed by atoms with Gasteiger partial charge in [-0.1, -0.05) is 30.3 Å². The van der Waals surface area contributed by atoms with Crippen LogP contribution in [0.5, 0.6) is 0 Å². The van der Waals surface area contributed by atoms with Gasteiger partial charge >= 0.3 is 0 Å². The standard InChI is InChI=1S/C21H25N5O2/c1-15-11-22-20-17(12-23-26(20)13-15)21(27)25-9-10-28-18(14-24(2)3)19(25)16-7-5-4-6-8-16/h4-8,11-13,18-19H,9-10,14H2,1-3H3/t18-,19-/m0/s1. The number of ether oxygens (including phenoxy) is 1. The lowest BCUT2D eigenvalue weighted by Crippen LogP contribution is -2.51. The first kappa shape index (κ1) is 18.6. The Bertz CT molecular complexity index is 969. The highest BCUT2D eigenvalue weighted by Gasteiger charge is 2.37. The molecule has 2 atom stereocenters. The molecule has 7 nitrogen and oxygen atoms in total. The summed E-state index contributed by atoms with van der Waals surface area (Å²) in [7, 11) is 4.04. The number of rotatable bonds is 4. The lowest BCUT2D eigenvalue weighted by atomic mass is 9.97. The fourth-order valence-corrected chi connectivity index (χ4v) is 3.79. The zero-order valence-corrected chi connectivity index (χ0v) is 16.4. The zero-order valence-electron chi connectivity index (χ0n) is 16.4. The average Bonchev–Trinajstić information content (AvgIpc) is 3.10. The van der Waals surface area contributed by atoms with E-state index in [-0.39, 0.29) is 18.1 Å². The molecule has 0 saturated carbocycles. The molecule has 0 bridgehead atoms. The van der Waals surface area contributed by atoms with Crippen molar-refractivity contribution in [2.24, 2.45) is 0 Å². The second-order valence-corrected chi connectivity index (χ2v) is 7.48. The Balaban J connectivity index is 1.73. The van der Waals surface area contributed by atoms with Crippen LogP contribution in [0.3, 0.4) is 0 Å².